The summed E-state index contributed by atoms with van der Waals surface area (Å²) in [6.45, 7) is 0. The molecular weight excluding hydrogens is 159 g/mol. The van der Waals surface area contributed by atoms with E-state index in [0.29, 0.717) is 0 Å². The summed E-state index contributed by atoms with van der Waals surface area (Å²) in [6, 6.07) is 0. The standard InChI is InChI=1S/H2O3SSe/c1-4(2,3)5/h(H2,1,2,3,5)/p-2. The van der Waals surface area contributed by atoms with Gasteiger partial charge in [0.25, 0.3) is 0 Å². The van der Waals surface area contributed by atoms with E-state index >= 15 is 0 Å². The summed E-state index contributed by atoms with van der Waals surface area (Å²) < 4.78 is 27.1. The van der Waals surface area contributed by atoms with Gasteiger partial charge in [0.15, 0.2) is 0 Å². The third-order valence-corrected chi connectivity index (χ3v) is 0. The molecule has 0 saturated heterocycles. The Kier molecular flexibility index (Phi) is 1.52. The first-order valence-electron chi connectivity index (χ1n) is 0.667. The fourth-order valence-corrected chi connectivity index (χ4v) is 0. The van der Waals surface area contributed by atoms with E-state index in [-0.39, 0.29) is 0 Å². The van der Waals surface area contributed by atoms with Crippen LogP contribution in [0.4, 0.5) is 0 Å². The van der Waals surface area contributed by atoms with Gasteiger partial charge in [-0.25, -0.2) is 0 Å². The molecule has 0 radical (unpaired) electrons. The van der Waals surface area contributed by atoms with Gasteiger partial charge in [0.2, 0.25) is 0 Å². The molecule has 0 fully saturated rings. The molecule has 5 heteroatoms. The fraction of sp³-hybridized carbons (Fsp3) is 0. The molecule has 0 aliphatic carbocycles. The Balaban J connectivity index is 4.06. The van der Waals surface area contributed by atoms with Crippen molar-refractivity contribution in [1.29, 1.82) is 0 Å². The second-order valence-electron chi connectivity index (χ2n) is 0.408. The zero-order valence-electron chi connectivity index (χ0n) is 2.04. The summed E-state index contributed by atoms with van der Waals surface area (Å²) >= 11 is 1.40. The van der Waals surface area contributed by atoms with Crippen LogP contribution in [-0.4, -0.2) is 27.7 Å². The molecule has 0 amide bonds. The molecule has 0 aromatic carbocycles. The minimum atomic E-state index is -4.04. The summed E-state index contributed by atoms with van der Waals surface area (Å²) in [5.41, 5.74) is 0. The van der Waals surface area contributed by atoms with Crippen LogP contribution in [0, 0.1) is 0 Å². The number of hydrogen-bond acceptors (Lipinski definition) is 3. The number of hydrogen-bond donors (Lipinski definition) is 0. The maximum atomic E-state index is 9.02. The second-order valence-corrected chi connectivity index (χ2v) is 3.79. The van der Waals surface area contributed by atoms with E-state index in [1.165, 1.54) is 14.4 Å². The van der Waals surface area contributed by atoms with Crippen LogP contribution in [0.3, 0.4) is 0 Å². The molecule has 0 aliphatic rings. The van der Waals surface area contributed by atoms with Gasteiger partial charge in [0.1, 0.15) is 0 Å². The topological polar surface area (TPSA) is 63.2 Å². The van der Waals surface area contributed by atoms with Crippen LogP contribution in [-0.2, 0) is 8.42 Å². The van der Waals surface area contributed by atoms with Gasteiger partial charge >= 0.3 is 36.1 Å². The van der Waals surface area contributed by atoms with Gasteiger partial charge in [-0.15, -0.1) is 0 Å². The molecule has 0 aromatic heterocycles. The summed E-state index contributed by atoms with van der Waals surface area (Å²) in [4.78, 5) is 0. The van der Waals surface area contributed by atoms with Crippen molar-refractivity contribution >= 4 is 22.8 Å². The van der Waals surface area contributed by atoms with Gasteiger partial charge in [-0.1, -0.05) is 0 Å². The molecule has 0 bridgehead atoms. The summed E-state index contributed by atoms with van der Waals surface area (Å²) in [6.07, 6.45) is 0. The Morgan fingerprint density at radius 1 is 1.60 bits per heavy atom. The Hall–Kier alpha value is 0.589. The summed E-state index contributed by atoms with van der Waals surface area (Å²) in [5.74, 6) is 0. The van der Waals surface area contributed by atoms with E-state index in [1.54, 1.807) is 0 Å². The third kappa shape index (κ3) is 88.6. The Bertz CT molecular complexity index is 90.1. The SMILES string of the molecule is O=S([O-])([O-])=[Se]. The molecule has 0 aliphatic heterocycles. The van der Waals surface area contributed by atoms with E-state index in [4.69, 9.17) is 13.3 Å². The average molecular weight is 159 g/mol. The van der Waals surface area contributed by atoms with Crippen LogP contribution >= 0.6 is 0 Å². The van der Waals surface area contributed by atoms with Crippen LogP contribution < -0.4 is 0 Å². The van der Waals surface area contributed by atoms with Crippen LogP contribution in [0.5, 0.6) is 0 Å². The first kappa shape index (κ1) is 5.59. The molecular formula is O3SSe-2. The monoisotopic (exact) mass is 160 g/mol. The van der Waals surface area contributed by atoms with Crippen molar-refractivity contribution in [2.24, 2.45) is 0 Å². The fourth-order valence-electron chi connectivity index (χ4n) is 0. The zero-order chi connectivity index (χ0) is 4.50. The summed E-state index contributed by atoms with van der Waals surface area (Å²) in [5, 5.41) is 0. The predicted octanol–water partition coefficient (Wildman–Crippen LogP) is -1.38. The Morgan fingerprint density at radius 3 is 1.60 bits per heavy atom. The third-order valence-electron chi connectivity index (χ3n) is 0. The van der Waals surface area contributed by atoms with Crippen LogP contribution in [0.1, 0.15) is 0 Å². The molecule has 3 nitrogen and oxygen atoms in total. The molecule has 5 heavy (non-hydrogen) atoms. The molecule has 0 heterocycles. The van der Waals surface area contributed by atoms with E-state index in [2.05, 4.69) is 0 Å². The average Bonchev–Trinajstić information content (AvgIpc) is 0.722. The quantitative estimate of drug-likeness (QED) is 0.409. The second kappa shape index (κ2) is 1.36. The predicted molar refractivity (Wildman–Crippen MR) is 15.5 cm³/mol. The molecule has 0 unspecified atom stereocenters. The van der Waals surface area contributed by atoms with Gasteiger partial charge in [-0.3, -0.25) is 0 Å². The van der Waals surface area contributed by atoms with Crippen molar-refractivity contribution in [2.45, 2.75) is 0 Å². The van der Waals surface area contributed by atoms with Gasteiger partial charge < -0.3 is 0 Å². The molecule has 0 N–H and O–H groups in total. The van der Waals surface area contributed by atoms with Crippen LogP contribution in [0.25, 0.3) is 0 Å². The van der Waals surface area contributed by atoms with E-state index in [1.807, 2.05) is 0 Å². The Labute approximate surface area is 36.7 Å². The van der Waals surface area contributed by atoms with Crippen molar-refractivity contribution < 1.29 is 13.3 Å². The molecule has 32 valence electrons. The minimum absolute atomic E-state index is 1.40. The van der Waals surface area contributed by atoms with Crippen molar-refractivity contribution in [3.63, 3.8) is 0 Å². The van der Waals surface area contributed by atoms with Crippen LogP contribution in [0.2, 0.25) is 0 Å². The van der Waals surface area contributed by atoms with E-state index in [0.717, 1.165) is 0 Å². The number of rotatable bonds is 0. The van der Waals surface area contributed by atoms with Crippen molar-refractivity contribution in [3.8, 4) is 0 Å². The van der Waals surface area contributed by atoms with Crippen molar-refractivity contribution in [2.75, 3.05) is 0 Å². The maximum absolute atomic E-state index is 9.02. The van der Waals surface area contributed by atoms with Crippen LogP contribution in [0.15, 0.2) is 0 Å². The van der Waals surface area contributed by atoms with Gasteiger partial charge in [-0.2, -0.15) is 0 Å². The Morgan fingerprint density at radius 2 is 1.60 bits per heavy atom. The first-order chi connectivity index (χ1) is 2.00. The molecule has 0 saturated carbocycles. The summed E-state index contributed by atoms with van der Waals surface area (Å²) in [7, 11) is -4.04. The molecule has 0 atom stereocenters. The molecule has 0 aromatic rings. The molecule has 0 rings (SSSR count). The zero-order valence-corrected chi connectivity index (χ0v) is 4.57. The van der Waals surface area contributed by atoms with E-state index < -0.39 is 8.42 Å². The first-order valence-corrected chi connectivity index (χ1v) is 4.10. The van der Waals surface area contributed by atoms with E-state index in [9.17, 15) is 0 Å². The van der Waals surface area contributed by atoms with Gasteiger partial charge in [0.05, 0.1) is 0 Å². The van der Waals surface area contributed by atoms with Gasteiger partial charge in [-0.05, 0) is 0 Å². The normalized spacial score (nSPS) is 11.6. The van der Waals surface area contributed by atoms with Crippen molar-refractivity contribution in [1.82, 2.24) is 0 Å². The van der Waals surface area contributed by atoms with Crippen molar-refractivity contribution in [3.05, 3.63) is 0 Å². The molecule has 0 spiro atoms. The van der Waals surface area contributed by atoms with Gasteiger partial charge in [0, 0.05) is 0 Å².